The summed E-state index contributed by atoms with van der Waals surface area (Å²) in [7, 11) is 0. The summed E-state index contributed by atoms with van der Waals surface area (Å²) >= 11 is 0. The molecule has 1 aromatic carbocycles. The molecule has 1 atom stereocenters. The van der Waals surface area contributed by atoms with Crippen LogP contribution in [-0.2, 0) is 22.6 Å². The van der Waals surface area contributed by atoms with Gasteiger partial charge in [0.05, 0.1) is 26.4 Å². The van der Waals surface area contributed by atoms with Crippen LogP contribution in [0.25, 0.3) is 0 Å². The minimum Gasteiger partial charge on any atom is -0.379 e. The monoisotopic (exact) mass is 463 g/mol. The van der Waals surface area contributed by atoms with E-state index in [0.29, 0.717) is 32.4 Å². The van der Waals surface area contributed by atoms with Crippen molar-refractivity contribution in [3.8, 4) is 0 Å². The van der Waals surface area contributed by atoms with Crippen LogP contribution in [0.15, 0.2) is 29.3 Å². The summed E-state index contributed by atoms with van der Waals surface area (Å²) in [5, 5.41) is 6.69. The standard InChI is InChI=1S/C19H33N3O2.HI/c1-5-16(4)22-19(20-6-2)21-14-17-9-8-10-18(13-17)15-24-12-11-23-7-3;/h8-10,13,16H,5-7,11-12,14-15H2,1-4H3,(H2,20,21,22);1H. The van der Waals surface area contributed by atoms with Crippen molar-refractivity contribution >= 4 is 29.9 Å². The fourth-order valence-electron chi connectivity index (χ4n) is 2.10. The van der Waals surface area contributed by atoms with Gasteiger partial charge in [-0.25, -0.2) is 4.99 Å². The highest BCUT2D eigenvalue weighted by atomic mass is 127. The van der Waals surface area contributed by atoms with Crippen LogP contribution in [0.3, 0.4) is 0 Å². The van der Waals surface area contributed by atoms with Crippen LogP contribution >= 0.6 is 24.0 Å². The van der Waals surface area contributed by atoms with Gasteiger partial charge in [-0.15, -0.1) is 24.0 Å². The van der Waals surface area contributed by atoms with Crippen LogP contribution in [0.1, 0.15) is 45.2 Å². The minimum atomic E-state index is 0. The number of ether oxygens (including phenoxy) is 2. The number of benzene rings is 1. The smallest absolute Gasteiger partial charge is 0.191 e. The number of aliphatic imine (C=N–C) groups is 1. The molecule has 0 saturated carbocycles. The molecule has 0 aliphatic carbocycles. The van der Waals surface area contributed by atoms with Gasteiger partial charge in [-0.05, 0) is 38.3 Å². The number of nitrogens with zero attached hydrogens (tertiary/aromatic N) is 1. The first-order valence-electron chi connectivity index (χ1n) is 8.97. The van der Waals surface area contributed by atoms with E-state index in [1.54, 1.807) is 0 Å². The Morgan fingerprint density at radius 1 is 1.12 bits per heavy atom. The maximum atomic E-state index is 5.62. The van der Waals surface area contributed by atoms with Crippen LogP contribution in [0.4, 0.5) is 0 Å². The van der Waals surface area contributed by atoms with Crippen molar-refractivity contribution in [2.24, 2.45) is 4.99 Å². The highest BCUT2D eigenvalue weighted by molar-refractivity contribution is 14.0. The Kier molecular flexibility index (Phi) is 14.9. The summed E-state index contributed by atoms with van der Waals surface area (Å²) in [4.78, 5) is 4.67. The largest absolute Gasteiger partial charge is 0.379 e. The Morgan fingerprint density at radius 2 is 1.84 bits per heavy atom. The molecule has 0 spiro atoms. The second kappa shape index (κ2) is 15.4. The van der Waals surface area contributed by atoms with Gasteiger partial charge in [0, 0.05) is 19.2 Å². The predicted octanol–water partition coefficient (Wildman–Crippen LogP) is 3.71. The van der Waals surface area contributed by atoms with Crippen LogP contribution in [-0.4, -0.2) is 38.4 Å². The molecule has 0 amide bonds. The molecule has 0 fully saturated rings. The molecule has 1 aromatic rings. The lowest BCUT2D eigenvalue weighted by molar-refractivity contribution is 0.0453. The lowest BCUT2D eigenvalue weighted by Crippen LogP contribution is -2.41. The predicted molar refractivity (Wildman–Crippen MR) is 116 cm³/mol. The van der Waals surface area contributed by atoms with Crippen molar-refractivity contribution in [1.29, 1.82) is 0 Å². The van der Waals surface area contributed by atoms with E-state index in [-0.39, 0.29) is 24.0 Å². The molecule has 25 heavy (non-hydrogen) atoms. The highest BCUT2D eigenvalue weighted by Gasteiger charge is 2.03. The third-order valence-corrected chi connectivity index (χ3v) is 3.60. The normalized spacial score (nSPS) is 12.4. The van der Waals surface area contributed by atoms with E-state index in [1.807, 2.05) is 6.92 Å². The maximum Gasteiger partial charge on any atom is 0.191 e. The fraction of sp³-hybridized carbons (Fsp3) is 0.632. The third kappa shape index (κ3) is 11.4. The van der Waals surface area contributed by atoms with E-state index in [4.69, 9.17) is 9.47 Å². The number of hydrogen-bond donors (Lipinski definition) is 2. The summed E-state index contributed by atoms with van der Waals surface area (Å²) in [6.45, 7) is 12.5. The highest BCUT2D eigenvalue weighted by Crippen LogP contribution is 2.08. The first-order valence-corrected chi connectivity index (χ1v) is 8.97. The van der Waals surface area contributed by atoms with Gasteiger partial charge in [0.2, 0.25) is 0 Å². The average Bonchev–Trinajstić information content (AvgIpc) is 2.60. The molecular formula is C19H34IN3O2. The summed E-state index contributed by atoms with van der Waals surface area (Å²) in [6, 6.07) is 8.79. The quantitative estimate of drug-likeness (QED) is 0.227. The second-order valence-corrected chi connectivity index (χ2v) is 5.72. The van der Waals surface area contributed by atoms with Gasteiger partial charge in [-0.1, -0.05) is 31.2 Å². The molecule has 5 nitrogen and oxygen atoms in total. The summed E-state index contributed by atoms with van der Waals surface area (Å²) in [5.74, 6) is 0.866. The summed E-state index contributed by atoms with van der Waals surface area (Å²) in [6.07, 6.45) is 1.07. The lowest BCUT2D eigenvalue weighted by atomic mass is 10.1. The Labute approximate surface area is 170 Å². The Bertz CT molecular complexity index is 483. The molecule has 0 heterocycles. The number of halogens is 1. The van der Waals surface area contributed by atoms with Gasteiger partial charge < -0.3 is 20.1 Å². The minimum absolute atomic E-state index is 0. The molecule has 0 saturated heterocycles. The SMILES string of the molecule is CCNC(=NCc1cccc(COCCOCC)c1)NC(C)CC.I. The van der Waals surface area contributed by atoms with E-state index in [0.717, 1.165) is 25.5 Å². The molecule has 1 unspecified atom stereocenters. The lowest BCUT2D eigenvalue weighted by Gasteiger charge is -2.16. The van der Waals surface area contributed by atoms with E-state index >= 15 is 0 Å². The molecular weight excluding hydrogens is 429 g/mol. The summed E-state index contributed by atoms with van der Waals surface area (Å²) in [5.41, 5.74) is 2.35. The van der Waals surface area contributed by atoms with E-state index in [1.165, 1.54) is 11.1 Å². The molecule has 0 aliphatic rings. The van der Waals surface area contributed by atoms with Crippen molar-refractivity contribution in [3.05, 3.63) is 35.4 Å². The van der Waals surface area contributed by atoms with Gasteiger partial charge >= 0.3 is 0 Å². The molecule has 0 bridgehead atoms. The number of rotatable bonds is 11. The van der Waals surface area contributed by atoms with Crippen molar-refractivity contribution in [2.75, 3.05) is 26.4 Å². The number of nitrogens with one attached hydrogen (secondary N) is 2. The first kappa shape index (κ1) is 24.1. The van der Waals surface area contributed by atoms with Crippen molar-refractivity contribution in [1.82, 2.24) is 10.6 Å². The van der Waals surface area contributed by atoms with Gasteiger partial charge in [0.1, 0.15) is 0 Å². The van der Waals surface area contributed by atoms with Crippen LogP contribution < -0.4 is 10.6 Å². The Hall–Kier alpha value is -0.860. The van der Waals surface area contributed by atoms with Gasteiger partial charge in [-0.3, -0.25) is 0 Å². The molecule has 2 N–H and O–H groups in total. The molecule has 0 radical (unpaired) electrons. The molecule has 1 rings (SSSR count). The number of guanidine groups is 1. The van der Waals surface area contributed by atoms with Gasteiger partial charge in [0.25, 0.3) is 0 Å². The molecule has 144 valence electrons. The van der Waals surface area contributed by atoms with Crippen LogP contribution in [0.5, 0.6) is 0 Å². The Morgan fingerprint density at radius 3 is 2.52 bits per heavy atom. The maximum absolute atomic E-state index is 5.62. The summed E-state index contributed by atoms with van der Waals surface area (Å²) < 4.78 is 10.9. The first-order chi connectivity index (χ1) is 11.7. The Balaban J connectivity index is 0.00000576. The van der Waals surface area contributed by atoms with Crippen molar-refractivity contribution < 1.29 is 9.47 Å². The molecule has 0 aromatic heterocycles. The third-order valence-electron chi connectivity index (χ3n) is 3.60. The number of hydrogen-bond acceptors (Lipinski definition) is 3. The molecule has 6 heteroatoms. The van der Waals surface area contributed by atoms with Gasteiger partial charge in [-0.2, -0.15) is 0 Å². The van der Waals surface area contributed by atoms with Crippen LogP contribution in [0, 0.1) is 0 Å². The van der Waals surface area contributed by atoms with Crippen molar-refractivity contribution in [2.45, 2.75) is 53.3 Å². The topological polar surface area (TPSA) is 54.9 Å². The zero-order valence-corrected chi connectivity index (χ0v) is 18.3. The van der Waals surface area contributed by atoms with E-state index < -0.39 is 0 Å². The average molecular weight is 463 g/mol. The zero-order valence-electron chi connectivity index (χ0n) is 16.0. The van der Waals surface area contributed by atoms with Gasteiger partial charge in [0.15, 0.2) is 5.96 Å². The fourth-order valence-corrected chi connectivity index (χ4v) is 2.10. The molecule has 0 aliphatic heterocycles. The van der Waals surface area contributed by atoms with E-state index in [2.05, 4.69) is 60.7 Å². The van der Waals surface area contributed by atoms with Crippen LogP contribution in [0.2, 0.25) is 0 Å². The second-order valence-electron chi connectivity index (χ2n) is 5.72. The zero-order chi connectivity index (χ0) is 17.6. The van der Waals surface area contributed by atoms with Crippen molar-refractivity contribution in [3.63, 3.8) is 0 Å². The van der Waals surface area contributed by atoms with E-state index in [9.17, 15) is 0 Å².